The summed E-state index contributed by atoms with van der Waals surface area (Å²) in [7, 11) is -3.59. The van der Waals surface area contributed by atoms with Gasteiger partial charge in [0.1, 0.15) is 5.75 Å². The first-order valence-electron chi connectivity index (χ1n) is 7.95. The van der Waals surface area contributed by atoms with Crippen molar-refractivity contribution in [3.63, 3.8) is 0 Å². The summed E-state index contributed by atoms with van der Waals surface area (Å²) in [5, 5.41) is 0. The number of hydrogen-bond donors (Lipinski definition) is 0. The number of carbonyl (C=O) groups is 1. The van der Waals surface area contributed by atoms with Gasteiger partial charge in [0, 0.05) is 19.5 Å². The normalized spacial score (nSPS) is 21.5. The smallest absolute Gasteiger partial charge is 0.310 e. The summed E-state index contributed by atoms with van der Waals surface area (Å²) >= 11 is 0. The molecule has 0 spiro atoms. The second-order valence-electron chi connectivity index (χ2n) is 5.82. The zero-order valence-corrected chi connectivity index (χ0v) is 14.0. The Kier molecular flexibility index (Phi) is 4.59. The largest absolute Gasteiger partial charge is 0.493 e. The summed E-state index contributed by atoms with van der Waals surface area (Å²) in [6.45, 7) is 3.28. The second-order valence-corrected chi connectivity index (χ2v) is 7.76. The van der Waals surface area contributed by atoms with Crippen LogP contribution in [-0.4, -0.2) is 45.0 Å². The Morgan fingerprint density at radius 2 is 2.26 bits per heavy atom. The number of fused-ring (bicyclic) bond motifs is 1. The zero-order valence-electron chi connectivity index (χ0n) is 13.2. The van der Waals surface area contributed by atoms with Crippen molar-refractivity contribution in [2.75, 3.05) is 26.3 Å². The number of ether oxygens (including phenoxy) is 2. The van der Waals surface area contributed by atoms with Gasteiger partial charge >= 0.3 is 5.97 Å². The van der Waals surface area contributed by atoms with Gasteiger partial charge in [-0.05, 0) is 43.5 Å². The molecule has 1 aromatic rings. The lowest BCUT2D eigenvalue weighted by Gasteiger charge is -2.30. The Hall–Kier alpha value is -1.60. The van der Waals surface area contributed by atoms with Crippen LogP contribution in [0.5, 0.6) is 5.75 Å². The zero-order chi connectivity index (χ0) is 16.4. The lowest BCUT2D eigenvalue weighted by atomic mass is 10.0. The van der Waals surface area contributed by atoms with Crippen LogP contribution in [0.1, 0.15) is 25.3 Å². The van der Waals surface area contributed by atoms with Crippen molar-refractivity contribution in [2.45, 2.75) is 31.1 Å². The van der Waals surface area contributed by atoms with E-state index in [0.29, 0.717) is 32.6 Å². The van der Waals surface area contributed by atoms with E-state index in [9.17, 15) is 13.2 Å². The Morgan fingerprint density at radius 1 is 1.43 bits per heavy atom. The molecule has 2 heterocycles. The van der Waals surface area contributed by atoms with Gasteiger partial charge in [-0.15, -0.1) is 0 Å². The highest BCUT2D eigenvalue weighted by molar-refractivity contribution is 7.89. The van der Waals surface area contributed by atoms with E-state index in [1.54, 1.807) is 25.1 Å². The molecule has 6 nitrogen and oxygen atoms in total. The van der Waals surface area contributed by atoms with Gasteiger partial charge in [-0.1, -0.05) is 0 Å². The van der Waals surface area contributed by atoms with Gasteiger partial charge in [-0.2, -0.15) is 4.31 Å². The van der Waals surface area contributed by atoms with E-state index in [0.717, 1.165) is 17.7 Å². The number of esters is 1. The molecule has 1 fully saturated rings. The van der Waals surface area contributed by atoms with E-state index >= 15 is 0 Å². The monoisotopic (exact) mass is 339 g/mol. The van der Waals surface area contributed by atoms with Crippen molar-refractivity contribution >= 4 is 16.0 Å². The van der Waals surface area contributed by atoms with Crippen LogP contribution >= 0.6 is 0 Å². The molecule has 1 aromatic carbocycles. The van der Waals surface area contributed by atoms with Crippen molar-refractivity contribution in [3.8, 4) is 5.75 Å². The first kappa shape index (κ1) is 16.3. The van der Waals surface area contributed by atoms with Gasteiger partial charge in [0.05, 0.1) is 24.0 Å². The van der Waals surface area contributed by atoms with Crippen LogP contribution in [0.4, 0.5) is 0 Å². The van der Waals surface area contributed by atoms with Crippen molar-refractivity contribution < 1.29 is 22.7 Å². The summed E-state index contributed by atoms with van der Waals surface area (Å²) in [6.07, 6.45) is 2.06. The average Bonchev–Trinajstić information content (AvgIpc) is 3.03. The van der Waals surface area contributed by atoms with E-state index in [-0.39, 0.29) is 23.3 Å². The molecule has 0 amide bonds. The third-order valence-electron chi connectivity index (χ3n) is 4.30. The van der Waals surface area contributed by atoms with Crippen molar-refractivity contribution in [1.29, 1.82) is 0 Å². The number of benzene rings is 1. The number of piperidine rings is 1. The van der Waals surface area contributed by atoms with Crippen LogP contribution in [0.15, 0.2) is 23.1 Å². The molecule has 1 saturated heterocycles. The fourth-order valence-corrected chi connectivity index (χ4v) is 4.66. The summed E-state index contributed by atoms with van der Waals surface area (Å²) in [5.74, 6) is 0.0676. The van der Waals surface area contributed by atoms with Gasteiger partial charge in [0.25, 0.3) is 0 Å². The fraction of sp³-hybridized carbons (Fsp3) is 0.562. The molecule has 0 aromatic heterocycles. The third-order valence-corrected chi connectivity index (χ3v) is 6.16. The lowest BCUT2D eigenvalue weighted by Crippen LogP contribution is -2.42. The molecule has 2 aliphatic heterocycles. The molecule has 3 rings (SSSR count). The fourth-order valence-electron chi connectivity index (χ4n) is 3.09. The topological polar surface area (TPSA) is 72.9 Å². The first-order chi connectivity index (χ1) is 11.0. The summed E-state index contributed by atoms with van der Waals surface area (Å²) in [4.78, 5) is 12.2. The van der Waals surface area contributed by atoms with Gasteiger partial charge in [0.2, 0.25) is 10.0 Å². The van der Waals surface area contributed by atoms with Gasteiger partial charge in [0.15, 0.2) is 0 Å². The predicted molar refractivity (Wildman–Crippen MR) is 83.8 cm³/mol. The quantitative estimate of drug-likeness (QED) is 0.779. The van der Waals surface area contributed by atoms with E-state index in [4.69, 9.17) is 9.47 Å². The number of rotatable bonds is 4. The molecule has 1 atom stereocenters. The number of carbonyl (C=O) groups excluding carboxylic acids is 1. The Bertz CT molecular complexity index is 700. The molecule has 0 unspecified atom stereocenters. The van der Waals surface area contributed by atoms with Crippen molar-refractivity contribution in [3.05, 3.63) is 23.8 Å². The summed E-state index contributed by atoms with van der Waals surface area (Å²) in [5.41, 5.74) is 0.921. The van der Waals surface area contributed by atoms with Crippen LogP contribution < -0.4 is 4.74 Å². The molecular weight excluding hydrogens is 318 g/mol. The Labute approximate surface area is 136 Å². The predicted octanol–water partition coefficient (Wildman–Crippen LogP) is 1.59. The van der Waals surface area contributed by atoms with Crippen LogP contribution in [0, 0.1) is 5.92 Å². The minimum atomic E-state index is -3.59. The van der Waals surface area contributed by atoms with Gasteiger partial charge < -0.3 is 9.47 Å². The number of sulfonamides is 1. The highest BCUT2D eigenvalue weighted by Gasteiger charge is 2.34. The number of nitrogens with zero attached hydrogens (tertiary/aromatic N) is 1. The minimum Gasteiger partial charge on any atom is -0.493 e. The van der Waals surface area contributed by atoms with E-state index in [1.165, 1.54) is 4.31 Å². The number of hydrogen-bond acceptors (Lipinski definition) is 5. The van der Waals surface area contributed by atoms with Crippen LogP contribution in [0.2, 0.25) is 0 Å². The average molecular weight is 339 g/mol. The van der Waals surface area contributed by atoms with Crippen molar-refractivity contribution in [1.82, 2.24) is 4.31 Å². The van der Waals surface area contributed by atoms with Gasteiger partial charge in [-0.25, -0.2) is 8.42 Å². The minimum absolute atomic E-state index is 0.189. The molecule has 0 N–H and O–H groups in total. The molecular formula is C16H21NO5S. The van der Waals surface area contributed by atoms with E-state index in [2.05, 4.69) is 0 Å². The Balaban J connectivity index is 1.80. The molecule has 7 heteroatoms. The molecule has 23 heavy (non-hydrogen) atoms. The van der Waals surface area contributed by atoms with Crippen molar-refractivity contribution in [2.24, 2.45) is 5.92 Å². The van der Waals surface area contributed by atoms with Crippen LogP contribution in [0.3, 0.4) is 0 Å². The molecule has 2 aliphatic rings. The molecule has 0 radical (unpaired) electrons. The molecule has 0 bridgehead atoms. The van der Waals surface area contributed by atoms with Crippen LogP contribution in [-0.2, 0) is 26.0 Å². The maximum absolute atomic E-state index is 12.8. The summed E-state index contributed by atoms with van der Waals surface area (Å²) < 4.78 is 37.5. The van der Waals surface area contributed by atoms with E-state index < -0.39 is 10.0 Å². The van der Waals surface area contributed by atoms with E-state index in [1.807, 2.05) is 0 Å². The Morgan fingerprint density at radius 3 is 3.04 bits per heavy atom. The maximum Gasteiger partial charge on any atom is 0.310 e. The van der Waals surface area contributed by atoms with Crippen LogP contribution in [0.25, 0.3) is 0 Å². The SMILES string of the molecule is CCOC(=O)[C@@H]1CCCN(S(=O)(=O)c2ccc3c(c2)CCO3)C1. The molecule has 0 aliphatic carbocycles. The third kappa shape index (κ3) is 3.21. The standard InChI is InChI=1S/C16H21NO5S/c1-2-21-16(18)13-4-3-8-17(11-13)23(19,20)14-5-6-15-12(10-14)7-9-22-15/h5-6,10,13H,2-4,7-9,11H2,1H3/t13-/m1/s1. The molecule has 126 valence electrons. The first-order valence-corrected chi connectivity index (χ1v) is 9.39. The summed E-state index contributed by atoms with van der Waals surface area (Å²) in [6, 6.07) is 4.97. The maximum atomic E-state index is 12.8. The molecule has 0 saturated carbocycles. The highest BCUT2D eigenvalue weighted by atomic mass is 32.2. The van der Waals surface area contributed by atoms with Gasteiger partial charge in [-0.3, -0.25) is 4.79 Å². The highest BCUT2D eigenvalue weighted by Crippen LogP contribution is 2.30. The lowest BCUT2D eigenvalue weighted by molar-refractivity contribution is -0.149. The second kappa shape index (κ2) is 6.49.